The maximum absolute atomic E-state index is 11.3. The third-order valence-corrected chi connectivity index (χ3v) is 2.50. The zero-order valence-corrected chi connectivity index (χ0v) is 8.97. The molecule has 0 aliphatic rings. The molecule has 0 radical (unpaired) electrons. The number of aryl methyl sites for hydroxylation is 1. The van der Waals surface area contributed by atoms with Crippen LogP contribution in [0.3, 0.4) is 0 Å². The van der Waals surface area contributed by atoms with E-state index in [1.54, 1.807) is 0 Å². The Labute approximate surface area is 79.9 Å². The summed E-state index contributed by atoms with van der Waals surface area (Å²) in [6.07, 6.45) is 0. The molecule has 0 saturated carbocycles. The molecule has 0 aromatic carbocycles. The number of nitrogens with zero attached hydrogens (tertiary/aromatic N) is 2. The molecule has 1 heterocycles. The summed E-state index contributed by atoms with van der Waals surface area (Å²) in [6.45, 7) is 3.79. The maximum Gasteiger partial charge on any atom is 0.193 e. The first-order valence-electron chi connectivity index (χ1n) is 3.67. The van der Waals surface area contributed by atoms with Gasteiger partial charge in [-0.05, 0) is 13.8 Å². The average Bonchev–Trinajstić information content (AvgIpc) is 2.32. The Hall–Kier alpha value is -0.640. The number of hydrogen-bond acceptors (Lipinski definition) is 2. The summed E-state index contributed by atoms with van der Waals surface area (Å²) in [4.78, 5) is 15.4. The fourth-order valence-corrected chi connectivity index (χ4v) is 1.31. The molecule has 0 aliphatic carbocycles. The van der Waals surface area contributed by atoms with Gasteiger partial charge in [-0.25, -0.2) is 4.98 Å². The molecule has 1 aromatic heterocycles. The van der Waals surface area contributed by atoms with Crippen LogP contribution in [-0.2, 0) is 7.05 Å². The smallest absolute Gasteiger partial charge is 0.193 e. The van der Waals surface area contributed by atoms with Crippen LogP contribution in [0.1, 0.15) is 22.0 Å². The second-order valence-electron chi connectivity index (χ2n) is 2.71. The topological polar surface area (TPSA) is 34.9 Å². The molecule has 0 amide bonds. The van der Waals surface area contributed by atoms with Gasteiger partial charge in [-0.15, -0.1) is 0 Å². The van der Waals surface area contributed by atoms with Crippen LogP contribution in [0.4, 0.5) is 0 Å². The van der Waals surface area contributed by atoms with Crippen molar-refractivity contribution in [3.05, 3.63) is 17.2 Å². The molecule has 4 heteroatoms. The minimum Gasteiger partial charge on any atom is -0.335 e. The van der Waals surface area contributed by atoms with Crippen LogP contribution in [0.15, 0.2) is 0 Å². The molecule has 0 spiro atoms. The summed E-state index contributed by atoms with van der Waals surface area (Å²) in [5, 5.41) is 0.338. The van der Waals surface area contributed by atoms with Crippen molar-refractivity contribution < 1.29 is 4.79 Å². The van der Waals surface area contributed by atoms with Crippen molar-refractivity contribution in [2.45, 2.75) is 13.8 Å². The lowest BCUT2D eigenvalue weighted by Crippen LogP contribution is -2.03. The molecule has 12 heavy (non-hydrogen) atoms. The Bertz CT molecular complexity index is 317. The van der Waals surface area contributed by atoms with Gasteiger partial charge in [0, 0.05) is 12.7 Å². The van der Waals surface area contributed by atoms with Gasteiger partial charge in [0.25, 0.3) is 0 Å². The molecule has 1 aromatic rings. The van der Waals surface area contributed by atoms with Crippen molar-refractivity contribution in [1.29, 1.82) is 0 Å². The Morgan fingerprint density at radius 2 is 2.17 bits per heavy atom. The van der Waals surface area contributed by atoms with E-state index in [2.05, 4.69) is 20.9 Å². The first kappa shape index (κ1) is 9.45. The van der Waals surface area contributed by atoms with Gasteiger partial charge in [0.1, 0.15) is 11.5 Å². The van der Waals surface area contributed by atoms with Gasteiger partial charge >= 0.3 is 0 Å². The lowest BCUT2D eigenvalue weighted by molar-refractivity contribution is 0.101. The zero-order chi connectivity index (χ0) is 9.30. The van der Waals surface area contributed by atoms with Crippen molar-refractivity contribution in [3.8, 4) is 0 Å². The molecule has 3 nitrogen and oxygen atoms in total. The molecular formula is C8H11BrN2O. The average molecular weight is 231 g/mol. The lowest BCUT2D eigenvalue weighted by Gasteiger charge is -1.96. The SMILES string of the molecule is Cc1nc(C(=O)CBr)c(C)n1C. The molecular weight excluding hydrogens is 220 g/mol. The first-order valence-corrected chi connectivity index (χ1v) is 4.79. The van der Waals surface area contributed by atoms with E-state index in [0.717, 1.165) is 11.5 Å². The molecule has 1 rings (SSSR count). The van der Waals surface area contributed by atoms with Crippen molar-refractivity contribution in [3.63, 3.8) is 0 Å². The van der Waals surface area contributed by atoms with Crippen LogP contribution in [0.5, 0.6) is 0 Å². The number of carbonyl (C=O) groups excluding carboxylic acids is 1. The van der Waals surface area contributed by atoms with Crippen LogP contribution in [0, 0.1) is 13.8 Å². The largest absolute Gasteiger partial charge is 0.335 e. The number of ketones is 1. The van der Waals surface area contributed by atoms with E-state index in [1.165, 1.54) is 0 Å². The normalized spacial score (nSPS) is 10.3. The highest BCUT2D eigenvalue weighted by molar-refractivity contribution is 9.09. The van der Waals surface area contributed by atoms with Crippen molar-refractivity contribution in [1.82, 2.24) is 9.55 Å². The fourth-order valence-electron chi connectivity index (χ4n) is 1.05. The number of hydrogen-bond donors (Lipinski definition) is 0. The Morgan fingerprint density at radius 3 is 2.50 bits per heavy atom. The van der Waals surface area contributed by atoms with Crippen LogP contribution in [0.25, 0.3) is 0 Å². The highest BCUT2D eigenvalue weighted by atomic mass is 79.9. The zero-order valence-electron chi connectivity index (χ0n) is 7.39. The van der Waals surface area contributed by atoms with Crippen molar-refractivity contribution in [2.24, 2.45) is 7.05 Å². The van der Waals surface area contributed by atoms with Gasteiger partial charge in [0.05, 0.1) is 5.33 Å². The van der Waals surface area contributed by atoms with Gasteiger partial charge in [-0.1, -0.05) is 15.9 Å². The Kier molecular flexibility index (Phi) is 2.67. The molecule has 0 aliphatic heterocycles. The molecule has 0 saturated heterocycles. The monoisotopic (exact) mass is 230 g/mol. The number of imidazole rings is 1. The van der Waals surface area contributed by atoms with E-state index in [9.17, 15) is 4.79 Å². The van der Waals surface area contributed by atoms with Gasteiger partial charge in [0.15, 0.2) is 5.78 Å². The van der Waals surface area contributed by atoms with E-state index in [1.807, 2.05) is 25.5 Å². The predicted molar refractivity (Wildman–Crippen MR) is 50.8 cm³/mol. The molecule has 0 atom stereocenters. The standard InChI is InChI=1S/C8H11BrN2O/c1-5-8(7(12)4-9)10-6(2)11(5)3/h4H2,1-3H3. The Balaban J connectivity index is 3.17. The minimum absolute atomic E-state index is 0.0381. The molecule has 0 N–H and O–H groups in total. The summed E-state index contributed by atoms with van der Waals surface area (Å²) in [7, 11) is 1.91. The van der Waals surface area contributed by atoms with E-state index < -0.39 is 0 Å². The number of alkyl halides is 1. The highest BCUT2D eigenvalue weighted by Gasteiger charge is 2.13. The summed E-state index contributed by atoms with van der Waals surface area (Å²) in [5.41, 5.74) is 1.50. The van der Waals surface area contributed by atoms with E-state index in [0.29, 0.717) is 11.0 Å². The van der Waals surface area contributed by atoms with Crippen LogP contribution < -0.4 is 0 Å². The van der Waals surface area contributed by atoms with E-state index >= 15 is 0 Å². The number of carbonyl (C=O) groups is 1. The molecule has 0 bridgehead atoms. The first-order chi connectivity index (χ1) is 5.57. The quantitative estimate of drug-likeness (QED) is 0.572. The molecule has 0 fully saturated rings. The van der Waals surface area contributed by atoms with E-state index in [4.69, 9.17) is 0 Å². The van der Waals surface area contributed by atoms with Crippen molar-refractivity contribution in [2.75, 3.05) is 5.33 Å². The highest BCUT2D eigenvalue weighted by Crippen LogP contribution is 2.09. The third kappa shape index (κ3) is 1.43. The van der Waals surface area contributed by atoms with Gasteiger partial charge in [0.2, 0.25) is 0 Å². The number of Topliss-reactive ketones (excluding diaryl/α,β-unsaturated/α-hetero) is 1. The number of halogens is 1. The minimum atomic E-state index is 0.0381. The fraction of sp³-hybridized carbons (Fsp3) is 0.500. The number of rotatable bonds is 2. The number of aromatic nitrogens is 2. The molecule has 66 valence electrons. The second kappa shape index (κ2) is 3.39. The lowest BCUT2D eigenvalue weighted by atomic mass is 10.3. The van der Waals surface area contributed by atoms with Gasteiger partial charge in [-0.2, -0.15) is 0 Å². The van der Waals surface area contributed by atoms with Crippen molar-refractivity contribution >= 4 is 21.7 Å². The van der Waals surface area contributed by atoms with Gasteiger partial charge in [-0.3, -0.25) is 4.79 Å². The van der Waals surface area contributed by atoms with E-state index in [-0.39, 0.29) is 5.78 Å². The summed E-state index contributed by atoms with van der Waals surface area (Å²) in [6, 6.07) is 0. The maximum atomic E-state index is 11.3. The predicted octanol–water partition coefficient (Wildman–Crippen LogP) is 1.61. The molecule has 0 unspecified atom stereocenters. The summed E-state index contributed by atoms with van der Waals surface area (Å²) in [5.74, 6) is 0.910. The summed E-state index contributed by atoms with van der Waals surface area (Å²) < 4.78 is 1.91. The van der Waals surface area contributed by atoms with Crippen LogP contribution >= 0.6 is 15.9 Å². The third-order valence-electron chi connectivity index (χ3n) is 1.99. The second-order valence-corrected chi connectivity index (χ2v) is 3.27. The van der Waals surface area contributed by atoms with Crippen LogP contribution in [0.2, 0.25) is 0 Å². The van der Waals surface area contributed by atoms with Crippen LogP contribution in [-0.4, -0.2) is 20.7 Å². The van der Waals surface area contributed by atoms with Gasteiger partial charge < -0.3 is 4.57 Å². The Morgan fingerprint density at radius 1 is 1.58 bits per heavy atom. The summed E-state index contributed by atoms with van der Waals surface area (Å²) >= 11 is 3.12.